The predicted octanol–water partition coefficient (Wildman–Crippen LogP) is 3.86. The van der Waals surface area contributed by atoms with Gasteiger partial charge in [0.05, 0.1) is 6.61 Å². The zero-order chi connectivity index (χ0) is 15.7. The van der Waals surface area contributed by atoms with Crippen LogP contribution >= 0.6 is 15.9 Å². The monoisotopic (exact) mass is 356 g/mol. The van der Waals surface area contributed by atoms with E-state index in [2.05, 4.69) is 15.9 Å². The van der Waals surface area contributed by atoms with E-state index in [9.17, 15) is 9.59 Å². The number of carbonyl (C=O) groups excluding carboxylic acids is 2. The minimum Gasteiger partial charge on any atom is -0.465 e. The largest absolute Gasteiger partial charge is 0.465 e. The molecule has 0 aromatic heterocycles. The van der Waals surface area contributed by atoms with Crippen molar-refractivity contribution in [3.8, 4) is 0 Å². The van der Waals surface area contributed by atoms with Crippen LogP contribution in [-0.2, 0) is 25.7 Å². The van der Waals surface area contributed by atoms with Gasteiger partial charge in [-0.15, -0.1) is 0 Å². The van der Waals surface area contributed by atoms with E-state index in [1.54, 1.807) is 0 Å². The molecule has 0 bridgehead atoms. The van der Waals surface area contributed by atoms with E-state index in [4.69, 9.17) is 9.47 Å². The van der Waals surface area contributed by atoms with Gasteiger partial charge in [0.2, 0.25) is 0 Å². The van der Waals surface area contributed by atoms with Gasteiger partial charge in [-0.3, -0.25) is 9.59 Å². The average molecular weight is 357 g/mol. The molecule has 0 spiro atoms. The lowest BCUT2D eigenvalue weighted by atomic mass is 10.2. The van der Waals surface area contributed by atoms with Gasteiger partial charge in [0.15, 0.2) is 0 Å². The number of hydrogen-bond acceptors (Lipinski definition) is 4. The first-order chi connectivity index (χ1) is 9.97. The van der Waals surface area contributed by atoms with Crippen molar-refractivity contribution in [1.29, 1.82) is 0 Å². The molecule has 0 atom stereocenters. The molecule has 0 aliphatic carbocycles. The third-order valence-corrected chi connectivity index (χ3v) is 3.12. The molecule has 0 aliphatic heterocycles. The van der Waals surface area contributed by atoms with Crippen molar-refractivity contribution in [2.45, 2.75) is 39.7 Å². The summed E-state index contributed by atoms with van der Waals surface area (Å²) >= 11 is 3.36. The SMILES string of the molecule is CC(C)COC(=O)CCCC(=O)OCc1cccc(Br)c1. The number of esters is 2. The van der Waals surface area contributed by atoms with E-state index in [1.807, 2.05) is 38.1 Å². The first-order valence-corrected chi connectivity index (χ1v) is 7.82. The van der Waals surface area contributed by atoms with Gasteiger partial charge in [0.25, 0.3) is 0 Å². The van der Waals surface area contributed by atoms with Crippen LogP contribution in [0.25, 0.3) is 0 Å². The van der Waals surface area contributed by atoms with Crippen LogP contribution in [0.4, 0.5) is 0 Å². The van der Waals surface area contributed by atoms with Crippen molar-refractivity contribution >= 4 is 27.9 Å². The third kappa shape index (κ3) is 8.50. The Balaban J connectivity index is 2.15. The zero-order valence-electron chi connectivity index (χ0n) is 12.4. The van der Waals surface area contributed by atoms with E-state index >= 15 is 0 Å². The fourth-order valence-electron chi connectivity index (χ4n) is 1.57. The number of carbonyl (C=O) groups is 2. The van der Waals surface area contributed by atoms with Crippen LogP contribution in [0, 0.1) is 5.92 Å². The van der Waals surface area contributed by atoms with Gasteiger partial charge in [-0.1, -0.05) is 41.9 Å². The lowest BCUT2D eigenvalue weighted by Gasteiger charge is -2.07. The second kappa shape index (κ2) is 9.55. The molecule has 5 heteroatoms. The standard InChI is InChI=1S/C16H21BrO4/c1-12(2)10-20-15(18)7-4-8-16(19)21-11-13-5-3-6-14(17)9-13/h3,5-6,9,12H,4,7-8,10-11H2,1-2H3. The van der Waals surface area contributed by atoms with Gasteiger partial charge in [-0.05, 0) is 30.0 Å². The summed E-state index contributed by atoms with van der Waals surface area (Å²) in [6.45, 7) is 4.63. The van der Waals surface area contributed by atoms with E-state index in [0.29, 0.717) is 18.9 Å². The molecular weight excluding hydrogens is 336 g/mol. The molecule has 0 saturated carbocycles. The minimum atomic E-state index is -0.299. The van der Waals surface area contributed by atoms with E-state index in [-0.39, 0.29) is 31.4 Å². The van der Waals surface area contributed by atoms with E-state index in [1.165, 1.54) is 0 Å². The van der Waals surface area contributed by atoms with E-state index < -0.39 is 0 Å². The molecule has 0 unspecified atom stereocenters. The molecule has 1 aromatic carbocycles. The summed E-state index contributed by atoms with van der Waals surface area (Å²) in [7, 11) is 0. The first kappa shape index (κ1) is 17.7. The molecule has 0 fully saturated rings. The number of ether oxygens (including phenoxy) is 2. The molecule has 0 N–H and O–H groups in total. The molecule has 1 rings (SSSR count). The van der Waals surface area contributed by atoms with Crippen molar-refractivity contribution < 1.29 is 19.1 Å². The highest BCUT2D eigenvalue weighted by molar-refractivity contribution is 9.10. The van der Waals surface area contributed by atoms with Gasteiger partial charge < -0.3 is 9.47 Å². The Bertz CT molecular complexity index is 471. The molecule has 116 valence electrons. The number of rotatable bonds is 8. The van der Waals surface area contributed by atoms with Crippen LogP contribution in [0.1, 0.15) is 38.7 Å². The summed E-state index contributed by atoms with van der Waals surface area (Å²) < 4.78 is 11.1. The second-order valence-electron chi connectivity index (χ2n) is 5.22. The summed E-state index contributed by atoms with van der Waals surface area (Å²) in [4.78, 5) is 22.9. The molecule has 0 heterocycles. The van der Waals surface area contributed by atoms with Gasteiger partial charge >= 0.3 is 11.9 Å². The topological polar surface area (TPSA) is 52.6 Å². The summed E-state index contributed by atoms with van der Waals surface area (Å²) in [5.74, 6) is -0.237. The van der Waals surface area contributed by atoms with Gasteiger partial charge in [-0.25, -0.2) is 0 Å². The van der Waals surface area contributed by atoms with Gasteiger partial charge in [0.1, 0.15) is 6.61 Å². The molecule has 0 amide bonds. The summed E-state index contributed by atoms with van der Waals surface area (Å²) in [6, 6.07) is 7.59. The Kier molecular flexibility index (Phi) is 8.05. The van der Waals surface area contributed by atoms with Crippen LogP contribution in [0.3, 0.4) is 0 Å². The highest BCUT2D eigenvalue weighted by Crippen LogP contribution is 2.12. The van der Waals surface area contributed by atoms with E-state index in [0.717, 1.165) is 10.0 Å². The molecule has 0 aliphatic rings. The fourth-order valence-corrected chi connectivity index (χ4v) is 2.02. The van der Waals surface area contributed by atoms with Crippen LogP contribution in [0.15, 0.2) is 28.7 Å². The molecule has 1 aromatic rings. The Labute approximate surface area is 133 Å². The van der Waals surface area contributed by atoms with Crippen molar-refractivity contribution in [2.75, 3.05) is 6.61 Å². The van der Waals surface area contributed by atoms with Crippen molar-refractivity contribution in [3.63, 3.8) is 0 Å². The predicted molar refractivity (Wildman–Crippen MR) is 83.6 cm³/mol. The van der Waals surface area contributed by atoms with Crippen LogP contribution in [0.5, 0.6) is 0 Å². The maximum atomic E-state index is 11.6. The Morgan fingerprint density at radius 3 is 2.43 bits per heavy atom. The van der Waals surface area contributed by atoms with Crippen LogP contribution < -0.4 is 0 Å². The number of benzene rings is 1. The Morgan fingerprint density at radius 2 is 1.81 bits per heavy atom. The van der Waals surface area contributed by atoms with Gasteiger partial charge in [0, 0.05) is 17.3 Å². The Morgan fingerprint density at radius 1 is 1.14 bits per heavy atom. The maximum absolute atomic E-state index is 11.6. The maximum Gasteiger partial charge on any atom is 0.306 e. The highest BCUT2D eigenvalue weighted by atomic mass is 79.9. The summed E-state index contributed by atoms with van der Waals surface area (Å²) in [6.07, 6.45) is 0.928. The lowest BCUT2D eigenvalue weighted by Crippen LogP contribution is -2.11. The van der Waals surface area contributed by atoms with Crippen molar-refractivity contribution in [2.24, 2.45) is 5.92 Å². The van der Waals surface area contributed by atoms with Crippen LogP contribution in [-0.4, -0.2) is 18.5 Å². The average Bonchev–Trinajstić information content (AvgIpc) is 2.43. The lowest BCUT2D eigenvalue weighted by molar-refractivity contribution is -0.146. The Hall–Kier alpha value is -1.36. The zero-order valence-corrected chi connectivity index (χ0v) is 14.0. The minimum absolute atomic E-state index is 0.227. The fraction of sp³-hybridized carbons (Fsp3) is 0.500. The molecule has 4 nitrogen and oxygen atoms in total. The quantitative estimate of drug-likeness (QED) is 0.663. The normalized spacial score (nSPS) is 10.5. The van der Waals surface area contributed by atoms with Crippen molar-refractivity contribution in [1.82, 2.24) is 0 Å². The molecule has 0 radical (unpaired) electrons. The highest BCUT2D eigenvalue weighted by Gasteiger charge is 2.08. The summed E-state index contributed by atoms with van der Waals surface area (Å²) in [5, 5.41) is 0. The second-order valence-corrected chi connectivity index (χ2v) is 6.14. The number of hydrogen-bond donors (Lipinski definition) is 0. The van der Waals surface area contributed by atoms with Gasteiger partial charge in [-0.2, -0.15) is 0 Å². The molecular formula is C16H21BrO4. The number of halogens is 1. The molecule has 0 saturated heterocycles. The van der Waals surface area contributed by atoms with Crippen LogP contribution in [0.2, 0.25) is 0 Å². The third-order valence-electron chi connectivity index (χ3n) is 2.63. The first-order valence-electron chi connectivity index (χ1n) is 7.03. The summed E-state index contributed by atoms with van der Waals surface area (Å²) in [5.41, 5.74) is 0.925. The smallest absolute Gasteiger partial charge is 0.306 e. The van der Waals surface area contributed by atoms with Crippen molar-refractivity contribution in [3.05, 3.63) is 34.3 Å². The molecule has 21 heavy (non-hydrogen) atoms.